The maximum absolute atomic E-state index is 13.4. The molecule has 0 unspecified atom stereocenters. The molecular weight excluding hydrogens is 218 g/mol. The number of nitriles is 1. The van der Waals surface area contributed by atoms with Crippen LogP contribution in [0.4, 0.5) is 8.78 Å². The van der Waals surface area contributed by atoms with Crippen molar-refractivity contribution in [2.45, 2.75) is 12.8 Å². The normalized spacial score (nSPS) is 10.6. The van der Waals surface area contributed by atoms with E-state index < -0.39 is 17.6 Å². The van der Waals surface area contributed by atoms with Crippen molar-refractivity contribution >= 4 is 5.97 Å². The predicted molar refractivity (Wildman–Crippen MR) is 49.5 cm³/mol. The molecule has 0 aliphatic carbocycles. The lowest BCUT2D eigenvalue weighted by Crippen LogP contribution is -2.29. The van der Waals surface area contributed by atoms with Gasteiger partial charge in [-0.15, -0.1) is 0 Å². The quantitative estimate of drug-likeness (QED) is 0.734. The number of carbonyl (C=O) groups excluding carboxylic acids is 1. The highest BCUT2D eigenvalue weighted by molar-refractivity contribution is 5.78. The number of esters is 1. The summed E-state index contributed by atoms with van der Waals surface area (Å²) in [4.78, 5) is 14.3. The van der Waals surface area contributed by atoms with E-state index in [1.807, 2.05) is 0 Å². The van der Waals surface area contributed by atoms with Gasteiger partial charge in [-0.1, -0.05) is 0 Å². The number of hydrogen-bond donors (Lipinski definition) is 0. The molecule has 84 valence electrons. The summed E-state index contributed by atoms with van der Waals surface area (Å²) >= 11 is 0. The van der Waals surface area contributed by atoms with Gasteiger partial charge in [0.1, 0.15) is 11.8 Å². The second-order valence-electron chi connectivity index (χ2n) is 2.84. The first-order chi connectivity index (χ1) is 7.52. The summed E-state index contributed by atoms with van der Waals surface area (Å²) < 4.78 is 30.9. The Balaban J connectivity index is 2.98. The van der Waals surface area contributed by atoms with E-state index in [2.05, 4.69) is 9.72 Å². The lowest BCUT2D eigenvalue weighted by Gasteiger charge is -2.13. The molecule has 1 heterocycles. The summed E-state index contributed by atoms with van der Waals surface area (Å²) in [6.45, 7) is 1.30. The van der Waals surface area contributed by atoms with E-state index in [0.717, 1.165) is 18.3 Å². The number of pyridine rings is 1. The molecule has 6 heteroatoms. The van der Waals surface area contributed by atoms with Crippen LogP contribution >= 0.6 is 0 Å². The first kappa shape index (κ1) is 12.0. The van der Waals surface area contributed by atoms with Gasteiger partial charge in [-0.05, 0) is 19.1 Å². The van der Waals surface area contributed by atoms with Crippen molar-refractivity contribution < 1.29 is 18.3 Å². The topological polar surface area (TPSA) is 63.0 Å². The van der Waals surface area contributed by atoms with Gasteiger partial charge in [-0.3, -0.25) is 4.98 Å². The monoisotopic (exact) mass is 226 g/mol. The van der Waals surface area contributed by atoms with Gasteiger partial charge in [0.2, 0.25) is 0 Å². The van der Waals surface area contributed by atoms with Crippen LogP contribution in [-0.2, 0) is 15.5 Å². The molecule has 1 aromatic rings. The Morgan fingerprint density at radius 3 is 2.75 bits per heavy atom. The second kappa shape index (κ2) is 4.66. The van der Waals surface area contributed by atoms with Gasteiger partial charge in [-0.25, -0.2) is 4.79 Å². The summed E-state index contributed by atoms with van der Waals surface area (Å²) in [5.74, 6) is -5.43. The number of aromatic nitrogens is 1. The molecule has 0 N–H and O–H groups in total. The first-order valence-corrected chi connectivity index (χ1v) is 4.44. The predicted octanol–water partition coefficient (Wildman–Crippen LogP) is 1.61. The van der Waals surface area contributed by atoms with Crippen LogP contribution < -0.4 is 0 Å². The molecule has 0 aliphatic heterocycles. The molecule has 0 radical (unpaired) electrons. The van der Waals surface area contributed by atoms with E-state index in [4.69, 9.17) is 5.26 Å². The minimum atomic E-state index is -3.79. The number of alkyl halides is 2. The number of nitrogens with zero attached hydrogens (tertiary/aromatic N) is 2. The molecule has 4 nitrogen and oxygen atoms in total. The van der Waals surface area contributed by atoms with Crippen LogP contribution in [0, 0.1) is 11.3 Å². The van der Waals surface area contributed by atoms with E-state index >= 15 is 0 Å². The van der Waals surface area contributed by atoms with E-state index in [1.165, 1.54) is 6.92 Å². The largest absolute Gasteiger partial charge is 0.461 e. The second-order valence-corrected chi connectivity index (χ2v) is 2.84. The lowest BCUT2D eigenvalue weighted by molar-refractivity contribution is -0.173. The minimum absolute atomic E-state index is 0.134. The fraction of sp³-hybridized carbons (Fsp3) is 0.300. The van der Waals surface area contributed by atoms with Crippen LogP contribution in [0.15, 0.2) is 18.3 Å². The molecule has 0 fully saturated rings. The highest BCUT2D eigenvalue weighted by atomic mass is 19.3. The molecule has 0 aromatic carbocycles. The zero-order valence-corrected chi connectivity index (χ0v) is 8.41. The van der Waals surface area contributed by atoms with Gasteiger partial charge in [-0.2, -0.15) is 14.0 Å². The zero-order valence-electron chi connectivity index (χ0n) is 8.41. The molecule has 1 aromatic heterocycles. The number of carbonyl (C=O) groups is 1. The van der Waals surface area contributed by atoms with Crippen molar-refractivity contribution in [2.24, 2.45) is 0 Å². The van der Waals surface area contributed by atoms with Crippen LogP contribution in [-0.4, -0.2) is 17.6 Å². The molecule has 0 saturated carbocycles. The Morgan fingerprint density at radius 1 is 1.62 bits per heavy atom. The summed E-state index contributed by atoms with van der Waals surface area (Å²) in [6, 6.07) is 3.82. The Morgan fingerprint density at radius 2 is 2.31 bits per heavy atom. The molecule has 0 amide bonds. The van der Waals surface area contributed by atoms with E-state index in [1.54, 1.807) is 6.07 Å². The van der Waals surface area contributed by atoms with Gasteiger partial charge in [0, 0.05) is 6.20 Å². The van der Waals surface area contributed by atoms with Gasteiger partial charge >= 0.3 is 11.9 Å². The highest BCUT2D eigenvalue weighted by Crippen LogP contribution is 2.27. The van der Waals surface area contributed by atoms with E-state index in [9.17, 15) is 13.6 Å². The maximum atomic E-state index is 13.4. The van der Waals surface area contributed by atoms with Crippen molar-refractivity contribution in [2.75, 3.05) is 6.61 Å². The first-order valence-electron chi connectivity index (χ1n) is 4.44. The van der Waals surface area contributed by atoms with Gasteiger partial charge in [0.25, 0.3) is 0 Å². The standard InChI is InChI=1S/C10H8F2N2O2/c1-2-16-9(15)10(11,12)8-4-3-7(5-13)6-14-8/h3-4,6H,2H2,1H3. The average molecular weight is 226 g/mol. The van der Waals surface area contributed by atoms with Gasteiger partial charge in [0.15, 0.2) is 0 Å². The zero-order chi connectivity index (χ0) is 12.2. The van der Waals surface area contributed by atoms with Gasteiger partial charge < -0.3 is 4.74 Å². The number of hydrogen-bond acceptors (Lipinski definition) is 4. The van der Waals surface area contributed by atoms with Crippen molar-refractivity contribution in [3.63, 3.8) is 0 Å². The summed E-state index contributed by atoms with van der Waals surface area (Å²) in [5.41, 5.74) is -0.589. The molecule has 0 atom stereocenters. The van der Waals surface area contributed by atoms with Crippen LogP contribution in [0.1, 0.15) is 18.2 Å². The van der Waals surface area contributed by atoms with E-state index in [0.29, 0.717) is 0 Å². The van der Waals surface area contributed by atoms with Crippen LogP contribution in [0.3, 0.4) is 0 Å². The Bertz CT molecular complexity index is 423. The third kappa shape index (κ3) is 2.31. The smallest absolute Gasteiger partial charge is 0.384 e. The summed E-state index contributed by atoms with van der Waals surface area (Å²) in [6.07, 6.45) is 0.975. The minimum Gasteiger partial charge on any atom is -0.461 e. The van der Waals surface area contributed by atoms with Crippen LogP contribution in [0.2, 0.25) is 0 Å². The molecule has 0 saturated heterocycles. The number of halogens is 2. The number of ether oxygens (including phenoxy) is 1. The Hall–Kier alpha value is -2.03. The van der Waals surface area contributed by atoms with E-state index in [-0.39, 0.29) is 12.2 Å². The molecule has 0 bridgehead atoms. The summed E-state index contributed by atoms with van der Waals surface area (Å²) in [7, 11) is 0. The molecular formula is C10H8F2N2O2. The Labute approximate surface area is 90.5 Å². The highest BCUT2D eigenvalue weighted by Gasteiger charge is 2.44. The van der Waals surface area contributed by atoms with Crippen LogP contribution in [0.25, 0.3) is 0 Å². The van der Waals surface area contributed by atoms with Crippen LogP contribution in [0.5, 0.6) is 0 Å². The van der Waals surface area contributed by atoms with Crippen molar-refractivity contribution in [1.29, 1.82) is 5.26 Å². The summed E-state index contributed by atoms with van der Waals surface area (Å²) in [5, 5.41) is 8.46. The Kier molecular flexibility index (Phi) is 3.51. The fourth-order valence-electron chi connectivity index (χ4n) is 0.972. The average Bonchev–Trinajstić information content (AvgIpc) is 2.29. The molecule has 1 rings (SSSR count). The lowest BCUT2D eigenvalue weighted by atomic mass is 10.2. The van der Waals surface area contributed by atoms with Crippen molar-refractivity contribution in [3.8, 4) is 6.07 Å². The third-order valence-corrected chi connectivity index (χ3v) is 1.75. The van der Waals surface area contributed by atoms with Crippen molar-refractivity contribution in [3.05, 3.63) is 29.6 Å². The third-order valence-electron chi connectivity index (χ3n) is 1.75. The molecule has 16 heavy (non-hydrogen) atoms. The van der Waals surface area contributed by atoms with Crippen molar-refractivity contribution in [1.82, 2.24) is 4.98 Å². The number of rotatable bonds is 3. The van der Waals surface area contributed by atoms with Gasteiger partial charge in [0.05, 0.1) is 12.2 Å². The molecule has 0 spiro atoms. The fourth-order valence-corrected chi connectivity index (χ4v) is 0.972. The molecule has 0 aliphatic rings. The maximum Gasteiger partial charge on any atom is 0.384 e. The SMILES string of the molecule is CCOC(=O)C(F)(F)c1ccc(C#N)cn1.